The SMILES string of the molecule is NC(=O)[C@@H]1CCCCN1C(=O)CSc1nnc(C2CC2)n1Cc1ccccc1. The molecule has 1 aliphatic carbocycles. The Morgan fingerprint density at radius 3 is 2.61 bits per heavy atom. The highest BCUT2D eigenvalue weighted by atomic mass is 32.2. The summed E-state index contributed by atoms with van der Waals surface area (Å²) in [4.78, 5) is 26.1. The average Bonchev–Trinajstić information content (AvgIpc) is 3.49. The standard InChI is InChI=1S/C20H25N5O2S/c21-18(27)16-8-4-5-11-24(16)17(26)13-28-20-23-22-19(15-9-10-15)25(20)12-14-6-2-1-3-7-14/h1-3,6-7,15-16H,4-5,8-13H2,(H2,21,27)/t16-/m0/s1. The highest BCUT2D eigenvalue weighted by Gasteiger charge is 2.32. The molecule has 2 heterocycles. The van der Waals surface area contributed by atoms with Crippen molar-refractivity contribution in [2.75, 3.05) is 12.3 Å². The summed E-state index contributed by atoms with van der Waals surface area (Å²) in [6, 6.07) is 9.73. The van der Waals surface area contributed by atoms with Crippen LogP contribution in [-0.2, 0) is 16.1 Å². The van der Waals surface area contributed by atoms with Crippen LogP contribution in [-0.4, -0.2) is 49.8 Å². The van der Waals surface area contributed by atoms with Crippen LogP contribution in [0.4, 0.5) is 0 Å². The zero-order valence-electron chi connectivity index (χ0n) is 15.8. The summed E-state index contributed by atoms with van der Waals surface area (Å²) in [6.07, 6.45) is 4.79. The van der Waals surface area contributed by atoms with Gasteiger partial charge in [-0.3, -0.25) is 9.59 Å². The molecule has 4 rings (SSSR count). The molecule has 1 atom stereocenters. The first kappa shape index (κ1) is 19.0. The minimum absolute atomic E-state index is 0.0595. The molecule has 1 aromatic carbocycles. The Labute approximate surface area is 168 Å². The van der Waals surface area contributed by atoms with Crippen LogP contribution in [0, 0.1) is 0 Å². The van der Waals surface area contributed by atoms with Gasteiger partial charge in [0.2, 0.25) is 11.8 Å². The van der Waals surface area contributed by atoms with Crippen molar-refractivity contribution in [3.8, 4) is 0 Å². The van der Waals surface area contributed by atoms with Crippen molar-refractivity contribution in [1.29, 1.82) is 0 Å². The lowest BCUT2D eigenvalue weighted by molar-refractivity contribution is -0.138. The molecule has 2 amide bonds. The normalized spacial score (nSPS) is 19.6. The molecule has 0 spiro atoms. The number of carbonyl (C=O) groups is 2. The van der Waals surface area contributed by atoms with Crippen LogP contribution in [0.15, 0.2) is 35.5 Å². The van der Waals surface area contributed by atoms with Crippen LogP contribution in [0.5, 0.6) is 0 Å². The van der Waals surface area contributed by atoms with Crippen LogP contribution in [0.25, 0.3) is 0 Å². The fourth-order valence-corrected chi connectivity index (χ4v) is 4.53. The molecule has 2 aromatic rings. The van der Waals surface area contributed by atoms with Crippen LogP contribution in [0.1, 0.15) is 49.4 Å². The number of hydrogen-bond acceptors (Lipinski definition) is 5. The van der Waals surface area contributed by atoms with E-state index < -0.39 is 11.9 Å². The summed E-state index contributed by atoms with van der Waals surface area (Å²) in [7, 11) is 0. The number of aromatic nitrogens is 3. The van der Waals surface area contributed by atoms with Crippen molar-refractivity contribution in [2.45, 2.75) is 55.8 Å². The summed E-state index contributed by atoms with van der Waals surface area (Å²) >= 11 is 1.39. The highest BCUT2D eigenvalue weighted by Crippen LogP contribution is 2.40. The van der Waals surface area contributed by atoms with Gasteiger partial charge in [-0.15, -0.1) is 10.2 Å². The number of likely N-dealkylation sites (tertiary alicyclic amines) is 1. The van der Waals surface area contributed by atoms with Gasteiger partial charge >= 0.3 is 0 Å². The monoisotopic (exact) mass is 399 g/mol. The zero-order valence-corrected chi connectivity index (χ0v) is 16.6. The largest absolute Gasteiger partial charge is 0.368 e. The first-order valence-corrected chi connectivity index (χ1v) is 10.8. The minimum atomic E-state index is -0.480. The summed E-state index contributed by atoms with van der Waals surface area (Å²) in [5.74, 6) is 1.24. The van der Waals surface area contributed by atoms with Gasteiger partial charge in [-0.05, 0) is 37.7 Å². The number of nitrogens with two attached hydrogens (primary N) is 1. The first-order valence-electron chi connectivity index (χ1n) is 9.82. The molecule has 0 unspecified atom stereocenters. The molecule has 1 aromatic heterocycles. The lowest BCUT2D eigenvalue weighted by Gasteiger charge is -2.33. The summed E-state index contributed by atoms with van der Waals surface area (Å²) in [5, 5.41) is 9.52. The van der Waals surface area contributed by atoms with E-state index in [2.05, 4.69) is 26.9 Å². The van der Waals surface area contributed by atoms with Gasteiger partial charge in [0, 0.05) is 12.5 Å². The Bertz CT molecular complexity index is 850. The third kappa shape index (κ3) is 4.22. The molecule has 148 valence electrons. The van der Waals surface area contributed by atoms with Crippen molar-refractivity contribution in [1.82, 2.24) is 19.7 Å². The number of nitrogens with zero attached hydrogens (tertiary/aromatic N) is 4. The van der Waals surface area contributed by atoms with Gasteiger partial charge in [0.15, 0.2) is 5.16 Å². The first-order chi connectivity index (χ1) is 13.6. The zero-order chi connectivity index (χ0) is 19.5. The maximum Gasteiger partial charge on any atom is 0.240 e. The predicted octanol–water partition coefficient (Wildman–Crippen LogP) is 2.16. The molecular weight excluding hydrogens is 374 g/mol. The molecule has 1 aliphatic heterocycles. The number of thioether (sulfide) groups is 1. The Morgan fingerprint density at radius 2 is 1.89 bits per heavy atom. The maximum atomic E-state index is 12.7. The highest BCUT2D eigenvalue weighted by molar-refractivity contribution is 7.99. The van der Waals surface area contributed by atoms with E-state index in [1.165, 1.54) is 17.3 Å². The Morgan fingerprint density at radius 1 is 1.11 bits per heavy atom. The number of primary amides is 1. The summed E-state index contributed by atoms with van der Waals surface area (Å²) < 4.78 is 2.13. The van der Waals surface area contributed by atoms with E-state index in [4.69, 9.17) is 5.73 Å². The molecule has 2 fully saturated rings. The third-order valence-corrected chi connectivity index (χ3v) is 6.30. The number of piperidine rings is 1. The number of rotatable bonds is 7. The van der Waals surface area contributed by atoms with Crippen molar-refractivity contribution in [2.24, 2.45) is 5.73 Å². The van der Waals surface area contributed by atoms with E-state index >= 15 is 0 Å². The Hall–Kier alpha value is -2.35. The van der Waals surface area contributed by atoms with Crippen LogP contribution < -0.4 is 5.73 Å². The fraction of sp³-hybridized carbons (Fsp3) is 0.500. The topological polar surface area (TPSA) is 94.1 Å². The summed E-state index contributed by atoms with van der Waals surface area (Å²) in [6.45, 7) is 1.29. The Balaban J connectivity index is 1.47. The second-order valence-electron chi connectivity index (χ2n) is 7.48. The van der Waals surface area contributed by atoms with Crippen molar-refractivity contribution in [3.05, 3.63) is 41.7 Å². The summed E-state index contributed by atoms with van der Waals surface area (Å²) in [5.41, 5.74) is 6.67. The number of benzene rings is 1. The van der Waals surface area contributed by atoms with E-state index in [1.54, 1.807) is 4.90 Å². The molecule has 2 aliphatic rings. The van der Waals surface area contributed by atoms with Crippen molar-refractivity contribution >= 4 is 23.6 Å². The van der Waals surface area contributed by atoms with Crippen LogP contribution in [0.2, 0.25) is 0 Å². The average molecular weight is 400 g/mol. The van der Waals surface area contributed by atoms with Crippen molar-refractivity contribution in [3.63, 3.8) is 0 Å². The smallest absolute Gasteiger partial charge is 0.240 e. The van der Waals surface area contributed by atoms with Crippen LogP contribution in [0.3, 0.4) is 0 Å². The molecule has 1 saturated heterocycles. The van der Waals surface area contributed by atoms with Crippen LogP contribution >= 0.6 is 11.8 Å². The lowest BCUT2D eigenvalue weighted by Crippen LogP contribution is -2.51. The molecular formula is C20H25N5O2S. The third-order valence-electron chi connectivity index (χ3n) is 5.35. The van der Waals surface area contributed by atoms with Gasteiger partial charge in [-0.25, -0.2) is 0 Å². The van der Waals surface area contributed by atoms with Gasteiger partial charge in [-0.1, -0.05) is 42.1 Å². The number of carbonyl (C=O) groups excluding carboxylic acids is 2. The minimum Gasteiger partial charge on any atom is -0.368 e. The number of hydrogen-bond donors (Lipinski definition) is 1. The Kier molecular flexibility index (Phi) is 5.66. The van der Waals surface area contributed by atoms with Crippen molar-refractivity contribution < 1.29 is 9.59 Å². The lowest BCUT2D eigenvalue weighted by atomic mass is 10.0. The van der Waals surface area contributed by atoms with Gasteiger partial charge in [-0.2, -0.15) is 0 Å². The predicted molar refractivity (Wildman–Crippen MR) is 107 cm³/mol. The maximum absolute atomic E-state index is 12.7. The molecule has 8 heteroatoms. The van der Waals surface area contributed by atoms with Gasteiger partial charge in [0.1, 0.15) is 11.9 Å². The second-order valence-corrected chi connectivity index (χ2v) is 8.42. The van der Waals surface area contributed by atoms with Gasteiger partial charge in [0.05, 0.1) is 12.3 Å². The van der Waals surface area contributed by atoms with E-state index in [-0.39, 0.29) is 11.7 Å². The quantitative estimate of drug-likeness (QED) is 0.720. The molecule has 0 bridgehead atoms. The molecule has 7 nitrogen and oxygen atoms in total. The van der Waals surface area contributed by atoms with Gasteiger partial charge < -0.3 is 15.2 Å². The van der Waals surface area contributed by atoms with E-state index in [0.717, 1.165) is 36.7 Å². The fourth-order valence-electron chi connectivity index (χ4n) is 3.70. The van der Waals surface area contributed by atoms with Gasteiger partial charge in [0.25, 0.3) is 0 Å². The molecule has 2 N–H and O–H groups in total. The molecule has 0 radical (unpaired) electrons. The number of amides is 2. The second kappa shape index (κ2) is 8.34. The van der Waals surface area contributed by atoms with E-state index in [1.807, 2.05) is 18.2 Å². The van der Waals surface area contributed by atoms with E-state index in [0.29, 0.717) is 25.4 Å². The molecule has 28 heavy (non-hydrogen) atoms. The van der Waals surface area contributed by atoms with E-state index in [9.17, 15) is 9.59 Å². The molecule has 1 saturated carbocycles.